The smallest absolute Gasteiger partial charge is 0.191 e. The van der Waals surface area contributed by atoms with E-state index in [9.17, 15) is 4.39 Å². The molecular formula is C18H24FIN4. The molecule has 1 saturated carbocycles. The van der Waals surface area contributed by atoms with E-state index >= 15 is 0 Å². The SMILES string of the molecule is CN=C(NCCn1cccc1)NCC1(c2cccc(F)c2)CC1.I. The quantitative estimate of drug-likeness (QED) is 0.410. The van der Waals surface area contributed by atoms with Crippen LogP contribution in [0.2, 0.25) is 0 Å². The predicted molar refractivity (Wildman–Crippen MR) is 107 cm³/mol. The monoisotopic (exact) mass is 442 g/mol. The molecule has 6 heteroatoms. The summed E-state index contributed by atoms with van der Waals surface area (Å²) in [4.78, 5) is 4.26. The van der Waals surface area contributed by atoms with Crippen molar-refractivity contribution in [1.82, 2.24) is 15.2 Å². The zero-order valence-corrected chi connectivity index (χ0v) is 16.2. The number of hydrogen-bond acceptors (Lipinski definition) is 1. The van der Waals surface area contributed by atoms with Gasteiger partial charge in [0.25, 0.3) is 0 Å². The zero-order valence-electron chi connectivity index (χ0n) is 13.8. The first kappa shape index (κ1) is 18.8. The third kappa shape index (κ3) is 4.72. The Morgan fingerprint density at radius 3 is 2.58 bits per heavy atom. The second-order valence-corrected chi connectivity index (χ2v) is 6.06. The molecule has 0 amide bonds. The van der Waals surface area contributed by atoms with Crippen LogP contribution in [0.15, 0.2) is 53.8 Å². The molecule has 4 nitrogen and oxygen atoms in total. The minimum atomic E-state index is -0.164. The molecule has 3 rings (SSSR count). The molecule has 0 aliphatic heterocycles. The first-order chi connectivity index (χ1) is 11.2. The number of rotatable bonds is 6. The summed E-state index contributed by atoms with van der Waals surface area (Å²) in [6, 6.07) is 11.0. The van der Waals surface area contributed by atoms with Crippen LogP contribution in [0.3, 0.4) is 0 Å². The first-order valence-electron chi connectivity index (χ1n) is 8.03. The summed E-state index contributed by atoms with van der Waals surface area (Å²) in [6.45, 7) is 2.48. The Bertz CT molecular complexity index is 665. The molecule has 1 aromatic heterocycles. The Hall–Kier alpha value is -1.57. The van der Waals surface area contributed by atoms with E-state index < -0.39 is 0 Å². The van der Waals surface area contributed by atoms with Crippen molar-refractivity contribution in [2.75, 3.05) is 20.1 Å². The molecule has 2 aromatic rings. The maximum absolute atomic E-state index is 13.4. The highest BCUT2D eigenvalue weighted by Crippen LogP contribution is 2.47. The Balaban J connectivity index is 0.00000208. The number of hydrogen-bond donors (Lipinski definition) is 2. The number of aromatic nitrogens is 1. The lowest BCUT2D eigenvalue weighted by atomic mass is 9.96. The van der Waals surface area contributed by atoms with Gasteiger partial charge in [-0.25, -0.2) is 4.39 Å². The second-order valence-electron chi connectivity index (χ2n) is 6.06. The van der Waals surface area contributed by atoms with Crippen LogP contribution in [0, 0.1) is 5.82 Å². The molecule has 1 heterocycles. The van der Waals surface area contributed by atoms with Crippen LogP contribution in [-0.2, 0) is 12.0 Å². The Kier molecular flexibility index (Phi) is 6.65. The zero-order chi connectivity index (χ0) is 16.1. The van der Waals surface area contributed by atoms with Crippen molar-refractivity contribution < 1.29 is 4.39 Å². The fourth-order valence-electron chi connectivity index (χ4n) is 2.83. The highest BCUT2D eigenvalue weighted by atomic mass is 127. The van der Waals surface area contributed by atoms with E-state index in [1.165, 1.54) is 6.07 Å². The van der Waals surface area contributed by atoms with Gasteiger partial charge in [0, 0.05) is 44.5 Å². The number of aliphatic imine (C=N–C) groups is 1. The predicted octanol–water partition coefficient (Wildman–Crippen LogP) is 3.14. The molecule has 1 aromatic carbocycles. The van der Waals surface area contributed by atoms with Crippen LogP contribution >= 0.6 is 24.0 Å². The van der Waals surface area contributed by atoms with Gasteiger partial charge in [0.15, 0.2) is 5.96 Å². The average Bonchev–Trinajstić information content (AvgIpc) is 3.18. The molecule has 0 unspecified atom stereocenters. The van der Waals surface area contributed by atoms with Crippen LogP contribution in [-0.4, -0.2) is 30.7 Å². The fourth-order valence-corrected chi connectivity index (χ4v) is 2.83. The topological polar surface area (TPSA) is 41.4 Å². The van der Waals surface area contributed by atoms with Crippen molar-refractivity contribution in [3.8, 4) is 0 Å². The lowest BCUT2D eigenvalue weighted by Gasteiger charge is -2.19. The molecular weight excluding hydrogens is 418 g/mol. The maximum Gasteiger partial charge on any atom is 0.191 e. The van der Waals surface area contributed by atoms with E-state index in [-0.39, 0.29) is 35.2 Å². The first-order valence-corrected chi connectivity index (χ1v) is 8.03. The van der Waals surface area contributed by atoms with Crippen molar-refractivity contribution in [1.29, 1.82) is 0 Å². The third-order valence-electron chi connectivity index (χ3n) is 4.44. The Morgan fingerprint density at radius 2 is 1.96 bits per heavy atom. The summed E-state index contributed by atoms with van der Waals surface area (Å²) in [5.74, 6) is 0.628. The standard InChI is InChI=1S/C18H23FN4.HI/c1-20-17(21-9-12-23-10-2-3-11-23)22-14-18(7-8-18)15-5-4-6-16(19)13-15;/h2-6,10-11,13H,7-9,12,14H2,1H3,(H2,20,21,22);1H. The molecule has 24 heavy (non-hydrogen) atoms. The molecule has 0 radical (unpaired) electrons. The molecule has 1 fully saturated rings. The van der Waals surface area contributed by atoms with Crippen LogP contribution in [0.5, 0.6) is 0 Å². The fraction of sp³-hybridized carbons (Fsp3) is 0.389. The van der Waals surface area contributed by atoms with Crippen LogP contribution < -0.4 is 10.6 Å². The maximum atomic E-state index is 13.4. The van der Waals surface area contributed by atoms with Crippen molar-refractivity contribution >= 4 is 29.9 Å². The van der Waals surface area contributed by atoms with Gasteiger partial charge in [-0.1, -0.05) is 12.1 Å². The van der Waals surface area contributed by atoms with Gasteiger partial charge in [-0.3, -0.25) is 4.99 Å². The van der Waals surface area contributed by atoms with Crippen molar-refractivity contribution in [3.63, 3.8) is 0 Å². The van der Waals surface area contributed by atoms with Crippen LogP contribution in [0.25, 0.3) is 0 Å². The molecule has 1 aliphatic carbocycles. The summed E-state index contributed by atoms with van der Waals surface area (Å²) < 4.78 is 15.6. The highest BCUT2D eigenvalue weighted by Gasteiger charge is 2.44. The van der Waals surface area contributed by atoms with Gasteiger partial charge in [0.2, 0.25) is 0 Å². The van der Waals surface area contributed by atoms with Gasteiger partial charge in [0.05, 0.1) is 0 Å². The minimum absolute atomic E-state index is 0. The van der Waals surface area contributed by atoms with Gasteiger partial charge in [-0.05, 0) is 42.7 Å². The van der Waals surface area contributed by atoms with E-state index in [0.717, 1.165) is 44.0 Å². The summed E-state index contributed by atoms with van der Waals surface area (Å²) >= 11 is 0. The molecule has 130 valence electrons. The van der Waals surface area contributed by atoms with Gasteiger partial charge >= 0.3 is 0 Å². The number of halogens is 2. The number of nitrogens with one attached hydrogen (secondary N) is 2. The van der Waals surface area contributed by atoms with E-state index in [1.807, 2.05) is 30.6 Å². The van der Waals surface area contributed by atoms with Crippen molar-refractivity contribution in [2.45, 2.75) is 24.8 Å². The summed E-state index contributed by atoms with van der Waals surface area (Å²) in [5.41, 5.74) is 1.13. The largest absolute Gasteiger partial charge is 0.356 e. The Morgan fingerprint density at radius 1 is 1.21 bits per heavy atom. The molecule has 0 spiro atoms. The van der Waals surface area contributed by atoms with Crippen LogP contribution in [0.4, 0.5) is 4.39 Å². The normalized spacial score (nSPS) is 15.5. The van der Waals surface area contributed by atoms with E-state index in [0.29, 0.717) is 0 Å². The summed E-state index contributed by atoms with van der Waals surface area (Å²) in [5, 5.41) is 6.69. The van der Waals surface area contributed by atoms with Crippen molar-refractivity contribution in [2.24, 2.45) is 4.99 Å². The molecule has 0 bridgehead atoms. The van der Waals surface area contributed by atoms with E-state index in [2.05, 4.69) is 20.2 Å². The number of benzene rings is 1. The van der Waals surface area contributed by atoms with Gasteiger partial charge < -0.3 is 15.2 Å². The molecule has 1 aliphatic rings. The van der Waals surface area contributed by atoms with Gasteiger partial charge in [-0.2, -0.15) is 0 Å². The lowest BCUT2D eigenvalue weighted by molar-refractivity contribution is 0.604. The summed E-state index contributed by atoms with van der Waals surface area (Å²) in [6.07, 6.45) is 6.26. The second kappa shape index (κ2) is 8.50. The third-order valence-corrected chi connectivity index (χ3v) is 4.44. The summed E-state index contributed by atoms with van der Waals surface area (Å²) in [7, 11) is 1.77. The van der Waals surface area contributed by atoms with Gasteiger partial charge in [0.1, 0.15) is 5.82 Å². The lowest BCUT2D eigenvalue weighted by Crippen LogP contribution is -2.42. The Labute approximate surface area is 159 Å². The van der Waals surface area contributed by atoms with Crippen molar-refractivity contribution in [3.05, 3.63) is 60.2 Å². The molecule has 2 N–H and O–H groups in total. The minimum Gasteiger partial charge on any atom is -0.356 e. The van der Waals surface area contributed by atoms with Gasteiger partial charge in [-0.15, -0.1) is 24.0 Å². The molecule has 0 saturated heterocycles. The average molecular weight is 442 g/mol. The van der Waals surface area contributed by atoms with E-state index in [1.54, 1.807) is 19.2 Å². The highest BCUT2D eigenvalue weighted by molar-refractivity contribution is 14.0. The molecule has 0 atom stereocenters. The number of guanidine groups is 1. The number of nitrogens with zero attached hydrogens (tertiary/aromatic N) is 2. The van der Waals surface area contributed by atoms with E-state index in [4.69, 9.17) is 0 Å². The van der Waals surface area contributed by atoms with Crippen LogP contribution in [0.1, 0.15) is 18.4 Å².